The summed E-state index contributed by atoms with van der Waals surface area (Å²) >= 11 is 0. The lowest BCUT2D eigenvalue weighted by atomic mass is 9.73. The van der Waals surface area contributed by atoms with Crippen molar-refractivity contribution in [3.63, 3.8) is 0 Å². The van der Waals surface area contributed by atoms with Crippen LogP contribution < -0.4 is 0 Å². The molecule has 1 aliphatic rings. The van der Waals surface area contributed by atoms with Crippen molar-refractivity contribution in [3.05, 3.63) is 0 Å². The van der Waals surface area contributed by atoms with Crippen LogP contribution in [0.15, 0.2) is 0 Å². The number of hydrogen-bond acceptors (Lipinski definition) is 1. The van der Waals surface area contributed by atoms with Gasteiger partial charge in [0.05, 0.1) is 0 Å². The predicted octanol–water partition coefficient (Wildman–Crippen LogP) is 6.38. The lowest BCUT2D eigenvalue weighted by Crippen LogP contribution is -2.50. The van der Waals surface area contributed by atoms with Gasteiger partial charge < -0.3 is 0 Å². The van der Waals surface area contributed by atoms with Crippen LogP contribution in [0.5, 0.6) is 0 Å². The standard InChI is InChI=1S/C21H43N/c1-10-20(6,7)15-17(2)18-11-13-22(14-12-18)21(8,9)16-19(3,4)5/h17-18H,10-16H2,1-9H3. The quantitative estimate of drug-likeness (QED) is 0.550. The SMILES string of the molecule is CCC(C)(C)CC(C)C1CCN(C(C)(C)CC(C)(C)C)CC1. The molecule has 1 heteroatoms. The molecule has 0 bridgehead atoms. The molecule has 0 spiro atoms. The highest BCUT2D eigenvalue weighted by Gasteiger charge is 2.35. The van der Waals surface area contributed by atoms with Crippen LogP contribution in [-0.4, -0.2) is 23.5 Å². The van der Waals surface area contributed by atoms with Crippen molar-refractivity contribution in [3.8, 4) is 0 Å². The Labute approximate surface area is 141 Å². The molecule has 0 aromatic rings. The maximum atomic E-state index is 2.76. The summed E-state index contributed by atoms with van der Waals surface area (Å²) in [6.07, 6.45) is 6.76. The molecule has 1 heterocycles. The van der Waals surface area contributed by atoms with Gasteiger partial charge in [0, 0.05) is 5.54 Å². The largest absolute Gasteiger partial charge is 0.298 e. The van der Waals surface area contributed by atoms with E-state index in [0.29, 0.717) is 16.4 Å². The van der Waals surface area contributed by atoms with Gasteiger partial charge in [0.2, 0.25) is 0 Å². The van der Waals surface area contributed by atoms with E-state index in [1.165, 1.54) is 45.2 Å². The zero-order valence-electron chi connectivity index (χ0n) is 17.1. The summed E-state index contributed by atoms with van der Waals surface area (Å²) in [6, 6.07) is 0. The number of rotatable bonds is 6. The Hall–Kier alpha value is -0.0400. The molecule has 1 saturated heterocycles. The second kappa shape index (κ2) is 7.24. The molecule has 0 aromatic carbocycles. The minimum atomic E-state index is 0.342. The Morgan fingerprint density at radius 3 is 1.86 bits per heavy atom. The molecule has 0 amide bonds. The first kappa shape index (κ1) is 20.0. The van der Waals surface area contributed by atoms with Crippen LogP contribution in [-0.2, 0) is 0 Å². The highest BCUT2D eigenvalue weighted by Crippen LogP contribution is 2.38. The van der Waals surface area contributed by atoms with Crippen LogP contribution in [0.4, 0.5) is 0 Å². The van der Waals surface area contributed by atoms with Crippen molar-refractivity contribution in [1.82, 2.24) is 4.90 Å². The summed E-state index contributed by atoms with van der Waals surface area (Å²) in [7, 11) is 0. The highest BCUT2D eigenvalue weighted by molar-refractivity contribution is 4.90. The summed E-state index contributed by atoms with van der Waals surface area (Å²) in [6.45, 7) is 24.3. The Kier molecular flexibility index (Phi) is 6.58. The normalized spacial score (nSPS) is 21.1. The fourth-order valence-corrected chi connectivity index (χ4v) is 4.67. The molecule has 132 valence electrons. The number of piperidine rings is 1. The van der Waals surface area contributed by atoms with E-state index < -0.39 is 0 Å². The van der Waals surface area contributed by atoms with Gasteiger partial charge in [-0.25, -0.2) is 0 Å². The van der Waals surface area contributed by atoms with Crippen LogP contribution >= 0.6 is 0 Å². The molecule has 1 nitrogen and oxygen atoms in total. The van der Waals surface area contributed by atoms with E-state index in [1.54, 1.807) is 0 Å². The molecule has 1 atom stereocenters. The van der Waals surface area contributed by atoms with Gasteiger partial charge in [0.1, 0.15) is 0 Å². The third-order valence-electron chi connectivity index (χ3n) is 6.00. The van der Waals surface area contributed by atoms with Crippen molar-refractivity contribution in [2.24, 2.45) is 22.7 Å². The van der Waals surface area contributed by atoms with Crippen LogP contribution in [0.3, 0.4) is 0 Å². The van der Waals surface area contributed by atoms with Crippen LogP contribution in [0.2, 0.25) is 0 Å². The molecule has 1 aliphatic heterocycles. The smallest absolute Gasteiger partial charge is 0.0158 e. The van der Waals surface area contributed by atoms with Gasteiger partial charge in [-0.3, -0.25) is 4.90 Å². The van der Waals surface area contributed by atoms with Gasteiger partial charge >= 0.3 is 0 Å². The maximum absolute atomic E-state index is 2.76. The van der Waals surface area contributed by atoms with E-state index in [9.17, 15) is 0 Å². The van der Waals surface area contributed by atoms with Crippen LogP contribution in [0, 0.1) is 22.7 Å². The zero-order chi connectivity index (χ0) is 17.2. The average molecular weight is 310 g/mol. The Morgan fingerprint density at radius 2 is 1.45 bits per heavy atom. The van der Waals surface area contributed by atoms with Gasteiger partial charge in [0.25, 0.3) is 0 Å². The Balaban J connectivity index is 2.52. The molecular weight excluding hydrogens is 266 g/mol. The molecule has 1 unspecified atom stereocenters. The molecule has 0 saturated carbocycles. The van der Waals surface area contributed by atoms with E-state index in [-0.39, 0.29) is 0 Å². The maximum Gasteiger partial charge on any atom is 0.0158 e. The van der Waals surface area contributed by atoms with Gasteiger partial charge in [0.15, 0.2) is 0 Å². The fraction of sp³-hybridized carbons (Fsp3) is 1.00. The van der Waals surface area contributed by atoms with E-state index in [4.69, 9.17) is 0 Å². The first-order valence-electron chi connectivity index (χ1n) is 9.61. The second-order valence-corrected chi connectivity index (χ2v) is 10.6. The minimum Gasteiger partial charge on any atom is -0.298 e. The Bertz CT molecular complexity index is 326. The van der Waals surface area contributed by atoms with E-state index in [0.717, 1.165) is 11.8 Å². The molecule has 1 fully saturated rings. The van der Waals surface area contributed by atoms with Crippen molar-refractivity contribution in [2.45, 2.75) is 100.0 Å². The molecule has 0 aliphatic carbocycles. The topological polar surface area (TPSA) is 3.24 Å². The minimum absolute atomic E-state index is 0.342. The summed E-state index contributed by atoms with van der Waals surface area (Å²) in [4.78, 5) is 2.76. The van der Waals surface area contributed by atoms with Crippen LogP contribution in [0.1, 0.15) is 94.4 Å². The summed E-state index contributed by atoms with van der Waals surface area (Å²) < 4.78 is 0. The zero-order valence-corrected chi connectivity index (χ0v) is 17.1. The van der Waals surface area contributed by atoms with E-state index in [2.05, 4.69) is 67.2 Å². The predicted molar refractivity (Wildman–Crippen MR) is 100 cm³/mol. The molecule has 0 aromatic heterocycles. The molecule has 1 rings (SSSR count). The molecule has 22 heavy (non-hydrogen) atoms. The average Bonchev–Trinajstić information content (AvgIpc) is 2.35. The molecule has 0 radical (unpaired) electrons. The molecule has 0 N–H and O–H groups in total. The van der Waals surface area contributed by atoms with Crippen LogP contribution in [0.25, 0.3) is 0 Å². The van der Waals surface area contributed by atoms with Gasteiger partial charge in [-0.05, 0) is 75.3 Å². The Morgan fingerprint density at radius 1 is 0.955 bits per heavy atom. The summed E-state index contributed by atoms with van der Waals surface area (Å²) in [5, 5.41) is 0. The lowest BCUT2D eigenvalue weighted by Gasteiger charge is -2.47. The monoisotopic (exact) mass is 309 g/mol. The first-order chi connectivity index (χ1) is 9.86. The summed E-state index contributed by atoms with van der Waals surface area (Å²) in [5.74, 6) is 1.82. The number of hydrogen-bond donors (Lipinski definition) is 0. The summed E-state index contributed by atoms with van der Waals surface area (Å²) in [5.41, 5.74) is 1.27. The van der Waals surface area contributed by atoms with Crippen molar-refractivity contribution in [2.75, 3.05) is 13.1 Å². The van der Waals surface area contributed by atoms with Gasteiger partial charge in [-0.15, -0.1) is 0 Å². The first-order valence-corrected chi connectivity index (χ1v) is 9.61. The highest BCUT2D eigenvalue weighted by atomic mass is 15.2. The van der Waals surface area contributed by atoms with Gasteiger partial charge in [-0.2, -0.15) is 0 Å². The number of likely N-dealkylation sites (tertiary alicyclic amines) is 1. The fourth-order valence-electron chi connectivity index (χ4n) is 4.67. The van der Waals surface area contributed by atoms with Crippen molar-refractivity contribution in [1.29, 1.82) is 0 Å². The molecular formula is C21H43N. The third-order valence-corrected chi connectivity index (χ3v) is 6.00. The third kappa shape index (κ3) is 6.22. The number of nitrogens with zero attached hydrogens (tertiary/aromatic N) is 1. The van der Waals surface area contributed by atoms with Crippen molar-refractivity contribution < 1.29 is 0 Å². The van der Waals surface area contributed by atoms with E-state index in [1.807, 2.05) is 0 Å². The van der Waals surface area contributed by atoms with Crippen molar-refractivity contribution >= 4 is 0 Å². The van der Waals surface area contributed by atoms with Gasteiger partial charge in [-0.1, -0.05) is 54.9 Å². The van der Waals surface area contributed by atoms with E-state index >= 15 is 0 Å². The lowest BCUT2D eigenvalue weighted by molar-refractivity contribution is 0.0304. The second-order valence-electron chi connectivity index (χ2n) is 10.6.